The number of aryl methyl sites for hydroxylation is 1. The standard InChI is InChI=1S/C23H27N3O3S2/c1-18-6-8-19(9-7-18)10-15-22(27)25-23(30)24-20-11-13-21(14-12-20)31(28,29)26-16-4-2-3-5-17-26/h6-15H,2-5,16-17H2,1H3,(H2,24,25,27,30). The summed E-state index contributed by atoms with van der Waals surface area (Å²) in [5.74, 6) is -0.349. The maximum Gasteiger partial charge on any atom is 0.250 e. The van der Waals surface area contributed by atoms with Crippen LogP contribution in [-0.2, 0) is 14.8 Å². The molecule has 0 atom stereocenters. The maximum atomic E-state index is 12.8. The Bertz CT molecular complexity index is 1040. The molecule has 0 radical (unpaired) electrons. The highest BCUT2D eigenvalue weighted by Crippen LogP contribution is 2.21. The second-order valence-corrected chi connectivity index (χ2v) is 9.88. The van der Waals surface area contributed by atoms with Gasteiger partial charge in [-0.05, 0) is 67.9 Å². The van der Waals surface area contributed by atoms with E-state index in [1.54, 1.807) is 34.6 Å². The highest BCUT2D eigenvalue weighted by molar-refractivity contribution is 7.89. The molecule has 2 N–H and O–H groups in total. The largest absolute Gasteiger partial charge is 0.332 e. The van der Waals surface area contributed by atoms with Gasteiger partial charge in [0, 0.05) is 24.9 Å². The van der Waals surface area contributed by atoms with Gasteiger partial charge in [0.1, 0.15) is 0 Å². The first kappa shape index (κ1) is 23.1. The van der Waals surface area contributed by atoms with Crippen molar-refractivity contribution in [2.45, 2.75) is 37.5 Å². The molecular weight excluding hydrogens is 430 g/mol. The van der Waals surface area contributed by atoms with E-state index in [9.17, 15) is 13.2 Å². The van der Waals surface area contributed by atoms with Crippen LogP contribution in [-0.4, -0.2) is 36.8 Å². The molecule has 6 nitrogen and oxygen atoms in total. The smallest absolute Gasteiger partial charge is 0.250 e. The SMILES string of the molecule is Cc1ccc(C=CC(=O)NC(=S)Nc2ccc(S(=O)(=O)N3CCCCCC3)cc2)cc1. The Hall–Kier alpha value is -2.55. The van der Waals surface area contributed by atoms with Gasteiger partial charge in [-0.3, -0.25) is 10.1 Å². The first-order valence-corrected chi connectivity index (χ1v) is 12.2. The van der Waals surface area contributed by atoms with Crippen molar-refractivity contribution in [2.24, 2.45) is 0 Å². The van der Waals surface area contributed by atoms with Crippen LogP contribution in [0.15, 0.2) is 59.5 Å². The van der Waals surface area contributed by atoms with Gasteiger partial charge in [0.05, 0.1) is 4.90 Å². The minimum Gasteiger partial charge on any atom is -0.332 e. The van der Waals surface area contributed by atoms with Crippen LogP contribution in [0, 0.1) is 6.92 Å². The van der Waals surface area contributed by atoms with Crippen molar-refractivity contribution < 1.29 is 13.2 Å². The molecule has 1 saturated heterocycles. The Labute approximate surface area is 189 Å². The van der Waals surface area contributed by atoms with Crippen molar-refractivity contribution in [2.75, 3.05) is 18.4 Å². The molecule has 0 bridgehead atoms. The van der Waals surface area contributed by atoms with Crippen molar-refractivity contribution >= 4 is 45.0 Å². The summed E-state index contributed by atoms with van der Waals surface area (Å²) in [7, 11) is -3.49. The number of nitrogens with one attached hydrogen (secondary N) is 2. The molecule has 2 aromatic carbocycles. The summed E-state index contributed by atoms with van der Waals surface area (Å²) in [5, 5.41) is 5.63. The lowest BCUT2D eigenvalue weighted by Crippen LogP contribution is -2.33. The lowest BCUT2D eigenvalue weighted by atomic mass is 10.1. The third kappa shape index (κ3) is 6.72. The fourth-order valence-corrected chi connectivity index (χ4v) is 5.04. The summed E-state index contributed by atoms with van der Waals surface area (Å²) in [6.07, 6.45) is 7.04. The molecule has 0 unspecified atom stereocenters. The third-order valence-electron chi connectivity index (χ3n) is 5.06. The van der Waals surface area contributed by atoms with Gasteiger partial charge in [0.2, 0.25) is 15.9 Å². The highest BCUT2D eigenvalue weighted by Gasteiger charge is 2.24. The molecular formula is C23H27N3O3S2. The van der Waals surface area contributed by atoms with Crippen molar-refractivity contribution in [1.82, 2.24) is 9.62 Å². The summed E-state index contributed by atoms with van der Waals surface area (Å²) < 4.78 is 27.2. The van der Waals surface area contributed by atoms with Crippen LogP contribution >= 0.6 is 12.2 Å². The number of amides is 1. The number of sulfonamides is 1. The van der Waals surface area contributed by atoms with Crippen molar-refractivity contribution in [3.8, 4) is 0 Å². The van der Waals surface area contributed by atoms with E-state index in [0.29, 0.717) is 18.8 Å². The highest BCUT2D eigenvalue weighted by atomic mass is 32.2. The summed E-state index contributed by atoms with van der Waals surface area (Å²) in [5.41, 5.74) is 2.67. The number of hydrogen-bond acceptors (Lipinski definition) is 4. The molecule has 2 aromatic rings. The molecule has 1 heterocycles. The molecule has 31 heavy (non-hydrogen) atoms. The average molecular weight is 458 g/mol. The minimum atomic E-state index is -3.49. The van der Waals surface area contributed by atoms with Gasteiger partial charge in [-0.25, -0.2) is 8.42 Å². The van der Waals surface area contributed by atoms with Gasteiger partial charge < -0.3 is 5.32 Å². The van der Waals surface area contributed by atoms with Crippen LogP contribution in [0.25, 0.3) is 6.08 Å². The Kier molecular flexibility index (Phi) is 7.95. The minimum absolute atomic E-state index is 0.140. The van der Waals surface area contributed by atoms with Crippen LogP contribution in [0.1, 0.15) is 36.8 Å². The van der Waals surface area contributed by atoms with Gasteiger partial charge in [-0.15, -0.1) is 0 Å². The van der Waals surface area contributed by atoms with E-state index in [0.717, 1.165) is 36.8 Å². The zero-order valence-electron chi connectivity index (χ0n) is 17.5. The number of carbonyl (C=O) groups is 1. The molecule has 1 fully saturated rings. The maximum absolute atomic E-state index is 12.8. The fourth-order valence-electron chi connectivity index (χ4n) is 3.31. The Balaban J connectivity index is 1.55. The summed E-state index contributed by atoms with van der Waals surface area (Å²) in [4.78, 5) is 12.3. The van der Waals surface area contributed by atoms with Crippen LogP contribution in [0.2, 0.25) is 0 Å². The molecule has 0 spiro atoms. The zero-order chi connectivity index (χ0) is 22.3. The number of nitrogens with zero attached hydrogens (tertiary/aromatic N) is 1. The molecule has 1 amide bonds. The molecule has 3 rings (SSSR count). The predicted molar refractivity (Wildman–Crippen MR) is 128 cm³/mol. The lowest BCUT2D eigenvalue weighted by molar-refractivity contribution is -0.115. The number of thiocarbonyl (C=S) groups is 1. The van der Waals surface area contributed by atoms with Crippen LogP contribution in [0.5, 0.6) is 0 Å². The molecule has 1 aliphatic rings. The number of anilines is 1. The van der Waals surface area contributed by atoms with Gasteiger partial charge in [0.15, 0.2) is 5.11 Å². The number of carbonyl (C=O) groups excluding carboxylic acids is 1. The summed E-state index contributed by atoms with van der Waals surface area (Å²) in [6.45, 7) is 3.13. The molecule has 0 aromatic heterocycles. The monoisotopic (exact) mass is 457 g/mol. The Morgan fingerprint density at radius 1 is 0.968 bits per heavy atom. The topological polar surface area (TPSA) is 78.5 Å². The van der Waals surface area contributed by atoms with E-state index in [2.05, 4.69) is 10.6 Å². The van der Waals surface area contributed by atoms with Gasteiger partial charge in [-0.1, -0.05) is 42.7 Å². The number of rotatable bonds is 5. The van der Waals surface area contributed by atoms with E-state index >= 15 is 0 Å². The first-order chi connectivity index (χ1) is 14.8. The van der Waals surface area contributed by atoms with Crippen molar-refractivity contribution in [3.05, 3.63) is 65.7 Å². The van der Waals surface area contributed by atoms with Gasteiger partial charge in [-0.2, -0.15) is 4.31 Å². The van der Waals surface area contributed by atoms with E-state index < -0.39 is 10.0 Å². The molecule has 8 heteroatoms. The first-order valence-electron chi connectivity index (χ1n) is 10.3. The van der Waals surface area contributed by atoms with Crippen LogP contribution in [0.4, 0.5) is 5.69 Å². The van der Waals surface area contributed by atoms with E-state index in [1.807, 2.05) is 31.2 Å². The predicted octanol–water partition coefficient (Wildman–Crippen LogP) is 4.09. The summed E-state index contributed by atoms with van der Waals surface area (Å²) >= 11 is 5.18. The van der Waals surface area contributed by atoms with Crippen LogP contribution in [0.3, 0.4) is 0 Å². The van der Waals surface area contributed by atoms with E-state index in [4.69, 9.17) is 12.2 Å². The lowest BCUT2D eigenvalue weighted by Gasteiger charge is -2.20. The quantitative estimate of drug-likeness (QED) is 0.522. The average Bonchev–Trinajstić information content (AvgIpc) is 3.04. The third-order valence-corrected chi connectivity index (χ3v) is 7.17. The fraction of sp³-hybridized carbons (Fsp3) is 0.304. The van der Waals surface area contributed by atoms with Gasteiger partial charge in [0.25, 0.3) is 0 Å². The second kappa shape index (κ2) is 10.7. The van der Waals surface area contributed by atoms with Crippen molar-refractivity contribution in [3.63, 3.8) is 0 Å². The number of hydrogen-bond donors (Lipinski definition) is 2. The Morgan fingerprint density at radius 2 is 1.58 bits per heavy atom. The molecule has 0 aliphatic carbocycles. The van der Waals surface area contributed by atoms with E-state index in [1.165, 1.54) is 6.08 Å². The molecule has 0 saturated carbocycles. The molecule has 1 aliphatic heterocycles. The Morgan fingerprint density at radius 3 is 2.19 bits per heavy atom. The molecule has 164 valence electrons. The number of benzene rings is 2. The van der Waals surface area contributed by atoms with Crippen LogP contribution < -0.4 is 10.6 Å². The normalized spacial score (nSPS) is 15.4. The zero-order valence-corrected chi connectivity index (χ0v) is 19.1. The van der Waals surface area contributed by atoms with Gasteiger partial charge >= 0.3 is 0 Å². The van der Waals surface area contributed by atoms with Crippen molar-refractivity contribution in [1.29, 1.82) is 0 Å². The van der Waals surface area contributed by atoms with E-state index in [-0.39, 0.29) is 15.9 Å². The summed E-state index contributed by atoms with van der Waals surface area (Å²) in [6, 6.07) is 14.2. The second-order valence-electron chi connectivity index (χ2n) is 7.53.